The number of aromatic hydroxyl groups is 1. The lowest BCUT2D eigenvalue weighted by molar-refractivity contribution is -0.125. The van der Waals surface area contributed by atoms with E-state index in [0.717, 1.165) is 87.3 Å². The van der Waals surface area contributed by atoms with Crippen molar-refractivity contribution in [2.45, 2.75) is 110 Å². The Labute approximate surface area is 532 Å². The fraction of sp³-hybridized carbons (Fsp3) is 0.362. The summed E-state index contributed by atoms with van der Waals surface area (Å²) in [4.78, 5) is 83.3. The highest BCUT2D eigenvalue weighted by molar-refractivity contribution is 9.69. The van der Waals surface area contributed by atoms with Crippen LogP contribution >= 0.6 is 93.7 Å². The molecule has 0 atom stereocenters. The summed E-state index contributed by atoms with van der Waals surface area (Å²) in [6, 6.07) is 6.32. The molecule has 0 bridgehead atoms. The second-order valence-corrected chi connectivity index (χ2v) is 30.7. The first kappa shape index (κ1) is 67.2. The SMILES string of the molecule is BrB(Br)Br.COc1cnc(Oc2c(Cl)cc(-n3nc(C(F)F)c(=O)[nH]c3=O)cc2Cl)cc1S(=O)(=O)NC1(C(=O)NC2CCC2)CC1.O=C(NC1CCC1)C1(NS(=O)(=O)c2cc(Oc3c(Cl)cc(-n4nc(C(F)F)c(=O)[nH]c4=O)cc3Cl)ncc2O)CC1. The number of benzene rings is 2. The van der Waals surface area contributed by atoms with Gasteiger partial charge < -0.3 is 30.0 Å². The molecular weight excluding hydrogens is 1490 g/mol. The number of carbonyl (C=O) groups is 2. The number of nitrogens with one attached hydrogen (secondary N) is 6. The summed E-state index contributed by atoms with van der Waals surface area (Å²) in [5, 5.41) is 21.7. The minimum Gasteiger partial charge on any atom is -0.505 e. The number of nitrogens with zero attached hydrogens (tertiary/aromatic N) is 6. The lowest BCUT2D eigenvalue weighted by Gasteiger charge is -2.29. The molecule has 7 N–H and O–H groups in total. The van der Waals surface area contributed by atoms with Crippen molar-refractivity contribution >= 4 is 129 Å². The van der Waals surface area contributed by atoms with E-state index in [1.54, 1.807) is 9.97 Å². The van der Waals surface area contributed by atoms with Crippen molar-refractivity contribution in [2.24, 2.45) is 0 Å². The number of hydrogen-bond acceptors (Lipinski definition) is 18. The van der Waals surface area contributed by atoms with Gasteiger partial charge in [0.2, 0.25) is 43.6 Å². The molecule has 0 unspecified atom stereocenters. The van der Waals surface area contributed by atoms with Crippen LogP contribution in [0.5, 0.6) is 34.8 Å². The number of rotatable bonds is 19. The number of aromatic nitrogens is 8. The van der Waals surface area contributed by atoms with Crippen molar-refractivity contribution in [3.05, 3.63) is 122 Å². The fourth-order valence-corrected chi connectivity index (χ4v) is 12.3. The van der Waals surface area contributed by atoms with Gasteiger partial charge in [0.15, 0.2) is 34.4 Å². The molecule has 0 radical (unpaired) electrons. The molecule has 4 aromatic heterocycles. The second kappa shape index (κ2) is 27.2. The Balaban J connectivity index is 0.000000213. The van der Waals surface area contributed by atoms with E-state index in [0.29, 0.717) is 22.2 Å². The minimum absolute atomic E-state index is 0.00430. The molecule has 0 aliphatic heterocycles. The number of aromatic amines is 2. The van der Waals surface area contributed by atoms with Crippen LogP contribution in [-0.2, 0) is 29.6 Å². The summed E-state index contributed by atoms with van der Waals surface area (Å²) >= 11 is 34.4. The molecule has 6 aromatic rings. The first-order valence-corrected chi connectivity index (χ1v) is 32.3. The number of methoxy groups -OCH3 is 1. The molecule has 4 aliphatic carbocycles. The molecule has 4 aliphatic rings. The predicted molar refractivity (Wildman–Crippen MR) is 316 cm³/mol. The maximum absolute atomic E-state index is 13.4. The standard InChI is InChI=1S/C24H22Cl2F2N6O7S.C23H20Cl2F2N6O7S.BBr3/c1-40-15-10-29-17(9-16(15)42(38,39)33-24(5-6-24)22(36)30-11-3-2-4-11)41-19-13(25)7-12(8-14(19)26)34-23(37)31-21(35)18(32-34)20(27)28;24-12-6-11(33-22(37)30-20(35)17(31-33)19(26)27)7-13(25)18(12)40-16-8-15(14(34)9-28-16)41(38,39)32-23(4-5-23)21(36)29-10-2-1-3-10;2-1(3)4/h7-11,20,33H,2-6H2,1H3,(H,30,36)(H,31,35,37);6-10,19,32,34H,1-5H2,(H,29,36)(H,30,35,37);. The van der Waals surface area contributed by atoms with Gasteiger partial charge in [0.25, 0.3) is 24.0 Å². The third-order valence-electron chi connectivity index (χ3n) is 13.3. The highest BCUT2D eigenvalue weighted by Gasteiger charge is 2.55. The zero-order valence-corrected chi connectivity index (χ0v) is 53.4. The van der Waals surface area contributed by atoms with Gasteiger partial charge in [0.1, 0.15) is 20.9 Å². The Hall–Kier alpha value is -5.70. The molecule has 2 aromatic carbocycles. The second-order valence-electron chi connectivity index (χ2n) is 19.4. The monoisotopic (exact) mass is 1530 g/mol. The van der Waals surface area contributed by atoms with Crippen molar-refractivity contribution in [3.63, 3.8) is 0 Å². The summed E-state index contributed by atoms with van der Waals surface area (Å²) in [6.07, 6.45) is 1.88. The molecule has 2 amide bonds. The van der Waals surface area contributed by atoms with Gasteiger partial charge in [0, 0.05) is 24.2 Å². The van der Waals surface area contributed by atoms with Crippen LogP contribution in [0.1, 0.15) is 88.4 Å². The molecular formula is C47H42BBr3Cl4F4N12O14S2. The number of alkyl halides is 4. The maximum atomic E-state index is 13.4. The first-order valence-electron chi connectivity index (χ1n) is 25.1. The molecule has 466 valence electrons. The molecule has 4 saturated carbocycles. The third kappa shape index (κ3) is 15.8. The summed E-state index contributed by atoms with van der Waals surface area (Å²) in [5.74, 6) is -2.82. The normalized spacial score (nSPS) is 15.8. The van der Waals surface area contributed by atoms with E-state index in [4.69, 9.17) is 60.6 Å². The van der Waals surface area contributed by atoms with Gasteiger partial charge in [0.05, 0.1) is 51.0 Å². The highest BCUT2D eigenvalue weighted by Crippen LogP contribution is 2.44. The van der Waals surface area contributed by atoms with Crippen LogP contribution in [0.25, 0.3) is 11.4 Å². The highest BCUT2D eigenvalue weighted by atomic mass is 79.9. The van der Waals surface area contributed by atoms with E-state index in [-0.39, 0.29) is 93.5 Å². The van der Waals surface area contributed by atoms with Crippen LogP contribution in [0.4, 0.5) is 17.6 Å². The smallest absolute Gasteiger partial charge is 0.369 e. The number of pyridine rings is 2. The Bertz CT molecular complexity index is 4120. The van der Waals surface area contributed by atoms with Crippen LogP contribution in [0.3, 0.4) is 0 Å². The van der Waals surface area contributed by atoms with E-state index >= 15 is 0 Å². The lowest BCUT2D eigenvalue weighted by Crippen LogP contribution is -2.52. The number of H-pyrrole nitrogens is 2. The topological polar surface area (TPSA) is 360 Å². The van der Waals surface area contributed by atoms with Crippen molar-refractivity contribution in [3.8, 4) is 46.1 Å². The average Bonchev–Trinajstić information content (AvgIpc) is 1.70. The Morgan fingerprint density at radius 2 is 1.01 bits per heavy atom. The number of amides is 2. The van der Waals surface area contributed by atoms with Crippen molar-refractivity contribution in [1.82, 2.24) is 59.6 Å². The molecule has 87 heavy (non-hydrogen) atoms. The van der Waals surface area contributed by atoms with Gasteiger partial charge in [-0.3, -0.25) is 29.1 Å². The van der Waals surface area contributed by atoms with E-state index < -0.39 is 100 Å². The molecule has 26 nitrogen and oxygen atoms in total. The van der Waals surface area contributed by atoms with Crippen LogP contribution in [0.15, 0.2) is 77.8 Å². The van der Waals surface area contributed by atoms with E-state index in [1.165, 1.54) is 7.11 Å². The Morgan fingerprint density at radius 3 is 1.34 bits per heavy atom. The van der Waals surface area contributed by atoms with Crippen LogP contribution in [0.2, 0.25) is 20.1 Å². The van der Waals surface area contributed by atoms with E-state index in [2.05, 4.69) is 87.5 Å². The average molecular weight is 1530 g/mol. The Morgan fingerprint density at radius 1 is 0.655 bits per heavy atom. The number of ether oxygens (including phenoxy) is 3. The van der Waals surface area contributed by atoms with Crippen LogP contribution < -0.4 is 56.8 Å². The van der Waals surface area contributed by atoms with Crippen molar-refractivity contribution in [1.29, 1.82) is 0 Å². The van der Waals surface area contributed by atoms with Gasteiger partial charge >= 0.3 is 14.6 Å². The summed E-state index contributed by atoms with van der Waals surface area (Å²) in [6.45, 7) is 0. The summed E-state index contributed by atoms with van der Waals surface area (Å²) < 4.78 is 128. The molecule has 10 rings (SSSR count). The van der Waals surface area contributed by atoms with Gasteiger partial charge in [-0.2, -0.15) is 29.0 Å². The Kier molecular flexibility index (Phi) is 21.0. The molecule has 4 fully saturated rings. The quantitative estimate of drug-likeness (QED) is 0.0304. The van der Waals surface area contributed by atoms with E-state index in [1.807, 2.05) is 0 Å². The largest absolute Gasteiger partial charge is 0.505 e. The molecule has 0 saturated heterocycles. The zero-order chi connectivity index (χ0) is 63.7. The molecule has 0 spiro atoms. The van der Waals surface area contributed by atoms with Gasteiger partial charge in [-0.15, -0.1) is 47.3 Å². The van der Waals surface area contributed by atoms with Gasteiger partial charge in [-0.05, 0) is 88.5 Å². The lowest BCUT2D eigenvalue weighted by atomic mass is 9.93. The summed E-state index contributed by atoms with van der Waals surface area (Å²) in [5.41, 5.74) is -10.3. The number of sulfonamides is 2. The van der Waals surface area contributed by atoms with Gasteiger partial charge in [-0.1, -0.05) is 46.4 Å². The zero-order valence-electron chi connectivity index (χ0n) is 44.0. The van der Waals surface area contributed by atoms with Crippen molar-refractivity contribution < 1.29 is 63.3 Å². The van der Waals surface area contributed by atoms with Crippen LogP contribution in [-0.4, -0.2) is 107 Å². The predicted octanol–water partition coefficient (Wildman–Crippen LogP) is 7.53. The minimum atomic E-state index is -4.44. The molecule has 40 heteroatoms. The third-order valence-corrected chi connectivity index (χ3v) is 17.6. The van der Waals surface area contributed by atoms with Crippen LogP contribution in [0, 0.1) is 0 Å². The summed E-state index contributed by atoms with van der Waals surface area (Å²) in [7, 11) is -7.52. The number of hydrogen-bond donors (Lipinski definition) is 7. The fourth-order valence-electron chi connectivity index (χ4n) is 8.09. The number of halogens is 11. The van der Waals surface area contributed by atoms with E-state index in [9.17, 15) is 68.3 Å². The van der Waals surface area contributed by atoms with Crippen molar-refractivity contribution in [2.75, 3.05) is 7.11 Å². The maximum Gasteiger partial charge on any atom is 0.369 e. The van der Waals surface area contributed by atoms with Gasteiger partial charge in [-0.25, -0.2) is 54.0 Å². The molecule has 4 heterocycles. The first-order chi connectivity index (χ1) is 40.9. The number of carbonyl (C=O) groups excluding carboxylic acids is 2.